The van der Waals surface area contributed by atoms with Crippen LogP contribution in [-0.2, 0) is 11.8 Å². The summed E-state index contributed by atoms with van der Waals surface area (Å²) in [5.74, 6) is 0.698. The van der Waals surface area contributed by atoms with E-state index in [2.05, 4.69) is 22.2 Å². The van der Waals surface area contributed by atoms with Gasteiger partial charge in [0, 0.05) is 44.4 Å². The lowest BCUT2D eigenvalue weighted by molar-refractivity contribution is -0.116. The monoisotopic (exact) mass is 434 g/mol. The van der Waals surface area contributed by atoms with Crippen LogP contribution in [0.2, 0.25) is 5.02 Å². The van der Waals surface area contributed by atoms with Crippen molar-refractivity contribution in [3.05, 3.63) is 29.4 Å². The molecule has 1 aliphatic rings. The fourth-order valence-electron chi connectivity index (χ4n) is 3.62. The van der Waals surface area contributed by atoms with E-state index in [1.807, 2.05) is 25.2 Å². The van der Waals surface area contributed by atoms with Crippen LogP contribution in [0.25, 0.3) is 11.3 Å². The number of anilines is 1. The summed E-state index contributed by atoms with van der Waals surface area (Å²) in [5.41, 5.74) is 2.25. The van der Waals surface area contributed by atoms with E-state index < -0.39 is 0 Å². The molecule has 1 fully saturated rings. The maximum Gasteiger partial charge on any atom is 0.224 e. The van der Waals surface area contributed by atoms with Gasteiger partial charge in [-0.1, -0.05) is 24.9 Å². The molecule has 1 aromatic heterocycles. The average molecular weight is 435 g/mol. The summed E-state index contributed by atoms with van der Waals surface area (Å²) >= 11 is 6.39. The molecule has 1 saturated heterocycles. The molecule has 1 aromatic carbocycles. The van der Waals surface area contributed by atoms with Crippen LogP contribution in [0.4, 0.5) is 5.69 Å². The summed E-state index contributed by atoms with van der Waals surface area (Å²) in [6.45, 7) is 5.15. The van der Waals surface area contributed by atoms with Crippen molar-refractivity contribution in [1.29, 1.82) is 0 Å². The number of carbonyl (C=O) groups is 1. The van der Waals surface area contributed by atoms with Crippen molar-refractivity contribution in [2.45, 2.75) is 45.1 Å². The van der Waals surface area contributed by atoms with Gasteiger partial charge in [0.2, 0.25) is 5.91 Å². The Hall–Kier alpha value is -2.09. The molecule has 0 saturated carbocycles. The van der Waals surface area contributed by atoms with Gasteiger partial charge in [0.25, 0.3) is 0 Å². The largest absolute Gasteiger partial charge is 0.492 e. The minimum atomic E-state index is -0.180. The highest BCUT2D eigenvalue weighted by molar-refractivity contribution is 6.33. The molecule has 0 spiro atoms. The Morgan fingerprint density at radius 3 is 2.80 bits per heavy atom. The van der Waals surface area contributed by atoms with Crippen LogP contribution in [0.3, 0.4) is 0 Å². The number of nitrogens with zero attached hydrogens (tertiary/aromatic N) is 3. The van der Waals surface area contributed by atoms with Gasteiger partial charge in [0.05, 0.1) is 23.0 Å². The molecule has 0 atom stereocenters. The van der Waals surface area contributed by atoms with Crippen molar-refractivity contribution in [3.8, 4) is 17.0 Å². The second-order valence-electron chi connectivity index (χ2n) is 7.75. The number of hydrogen-bond acceptors (Lipinski definition) is 5. The number of aliphatic hydroxyl groups excluding tert-OH is 1. The maximum atomic E-state index is 12.1. The number of carbonyl (C=O) groups excluding carboxylic acids is 1. The Balaban J connectivity index is 1.73. The first-order valence-electron chi connectivity index (χ1n) is 10.6. The molecule has 1 aliphatic heterocycles. The van der Waals surface area contributed by atoms with Gasteiger partial charge in [-0.25, -0.2) is 0 Å². The van der Waals surface area contributed by atoms with Crippen molar-refractivity contribution in [2.24, 2.45) is 7.05 Å². The van der Waals surface area contributed by atoms with E-state index in [0.717, 1.165) is 56.6 Å². The highest BCUT2D eigenvalue weighted by Crippen LogP contribution is 2.36. The molecule has 2 heterocycles. The predicted octanol–water partition coefficient (Wildman–Crippen LogP) is 3.70. The van der Waals surface area contributed by atoms with Crippen LogP contribution < -0.4 is 10.1 Å². The number of benzene rings is 1. The lowest BCUT2D eigenvalue weighted by Crippen LogP contribution is -2.38. The molecule has 30 heavy (non-hydrogen) atoms. The van der Waals surface area contributed by atoms with Crippen LogP contribution in [0, 0.1) is 0 Å². The predicted molar refractivity (Wildman–Crippen MR) is 119 cm³/mol. The summed E-state index contributed by atoms with van der Waals surface area (Å²) < 4.78 is 7.82. The third-order valence-corrected chi connectivity index (χ3v) is 5.67. The van der Waals surface area contributed by atoms with Gasteiger partial charge in [-0.05, 0) is 37.5 Å². The molecule has 0 unspecified atom stereocenters. The number of amides is 1. The number of rotatable bonds is 9. The van der Waals surface area contributed by atoms with Crippen molar-refractivity contribution in [1.82, 2.24) is 14.7 Å². The Morgan fingerprint density at radius 2 is 2.13 bits per heavy atom. The van der Waals surface area contributed by atoms with Crippen molar-refractivity contribution < 1.29 is 14.6 Å². The SMILES string of the molecule is CCCCC(=O)Nc1ccc(OCCN2CCC(O)CC2)c(-c2c(Cl)cnn2C)c1. The van der Waals surface area contributed by atoms with E-state index in [1.165, 1.54) is 0 Å². The topological polar surface area (TPSA) is 79.6 Å². The van der Waals surface area contributed by atoms with Gasteiger partial charge >= 0.3 is 0 Å². The number of aryl methyl sites for hydroxylation is 1. The zero-order valence-electron chi connectivity index (χ0n) is 17.7. The van der Waals surface area contributed by atoms with Crippen molar-refractivity contribution >= 4 is 23.2 Å². The van der Waals surface area contributed by atoms with Gasteiger partial charge in [0.15, 0.2) is 0 Å². The van der Waals surface area contributed by atoms with Gasteiger partial charge in [0.1, 0.15) is 12.4 Å². The number of likely N-dealkylation sites (tertiary alicyclic amines) is 1. The van der Waals surface area contributed by atoms with Crippen LogP contribution in [0.5, 0.6) is 5.75 Å². The minimum Gasteiger partial charge on any atom is -0.492 e. The van der Waals surface area contributed by atoms with Gasteiger partial charge in [-0.2, -0.15) is 5.10 Å². The molecular formula is C22H31ClN4O3. The smallest absolute Gasteiger partial charge is 0.224 e. The normalized spacial score (nSPS) is 15.3. The van der Waals surface area contributed by atoms with Crippen LogP contribution in [-0.4, -0.2) is 58.0 Å². The summed E-state index contributed by atoms with van der Waals surface area (Å²) in [5, 5.41) is 17.4. The second-order valence-corrected chi connectivity index (χ2v) is 8.16. The molecule has 0 aliphatic carbocycles. The lowest BCUT2D eigenvalue weighted by atomic mass is 10.1. The third-order valence-electron chi connectivity index (χ3n) is 5.39. The van der Waals surface area contributed by atoms with Gasteiger partial charge in [-0.3, -0.25) is 14.4 Å². The first kappa shape index (κ1) is 22.6. The Labute approximate surface area is 183 Å². The highest BCUT2D eigenvalue weighted by Gasteiger charge is 2.19. The van der Waals surface area contributed by atoms with E-state index in [-0.39, 0.29) is 12.0 Å². The average Bonchev–Trinajstić information content (AvgIpc) is 3.07. The fourth-order valence-corrected chi connectivity index (χ4v) is 3.89. The second kappa shape index (κ2) is 10.8. The molecule has 2 N–H and O–H groups in total. The number of unbranched alkanes of at least 4 members (excludes halogenated alkanes) is 1. The Kier molecular flexibility index (Phi) is 8.13. The number of halogens is 1. The quantitative estimate of drug-likeness (QED) is 0.629. The number of piperidine rings is 1. The van der Waals surface area contributed by atoms with Crippen molar-refractivity contribution in [2.75, 3.05) is 31.6 Å². The molecule has 8 heteroatoms. The van der Waals surface area contributed by atoms with E-state index in [0.29, 0.717) is 29.5 Å². The minimum absolute atomic E-state index is 0.000132. The zero-order chi connectivity index (χ0) is 21.5. The Bertz CT molecular complexity index is 827. The van der Waals surface area contributed by atoms with E-state index in [9.17, 15) is 9.90 Å². The van der Waals surface area contributed by atoms with Gasteiger partial charge in [-0.15, -0.1) is 0 Å². The molecular weight excluding hydrogens is 404 g/mol. The maximum absolute atomic E-state index is 12.1. The molecule has 164 valence electrons. The van der Waals surface area contributed by atoms with Crippen LogP contribution in [0.1, 0.15) is 39.0 Å². The first-order chi connectivity index (χ1) is 14.5. The van der Waals surface area contributed by atoms with E-state index in [4.69, 9.17) is 16.3 Å². The fraction of sp³-hybridized carbons (Fsp3) is 0.545. The molecule has 0 bridgehead atoms. The lowest BCUT2D eigenvalue weighted by Gasteiger charge is -2.29. The summed E-state index contributed by atoms with van der Waals surface area (Å²) in [4.78, 5) is 14.4. The van der Waals surface area contributed by atoms with Gasteiger partial charge < -0.3 is 15.2 Å². The molecule has 1 amide bonds. The number of hydrogen-bond donors (Lipinski definition) is 2. The van der Waals surface area contributed by atoms with Crippen LogP contribution >= 0.6 is 11.6 Å². The van der Waals surface area contributed by atoms with Crippen molar-refractivity contribution in [3.63, 3.8) is 0 Å². The highest BCUT2D eigenvalue weighted by atomic mass is 35.5. The summed E-state index contributed by atoms with van der Waals surface area (Å²) in [6, 6.07) is 5.61. The molecule has 0 radical (unpaired) electrons. The number of nitrogens with one attached hydrogen (secondary N) is 1. The number of aliphatic hydroxyl groups is 1. The first-order valence-corrected chi connectivity index (χ1v) is 11.0. The standard InChI is InChI=1S/C22H31ClN4O3/c1-3-4-5-21(29)25-16-6-7-20(18(14-16)22-19(23)15-24-26(22)2)30-13-12-27-10-8-17(28)9-11-27/h6-7,14-15,17,28H,3-5,8-13H2,1-2H3,(H,25,29). The van der Waals surface area contributed by atoms with E-state index in [1.54, 1.807) is 10.9 Å². The summed E-state index contributed by atoms with van der Waals surface area (Å²) in [6.07, 6.45) is 5.38. The number of aromatic nitrogens is 2. The zero-order valence-corrected chi connectivity index (χ0v) is 18.5. The molecule has 3 rings (SSSR count). The Morgan fingerprint density at radius 1 is 1.37 bits per heavy atom. The molecule has 7 nitrogen and oxygen atoms in total. The third kappa shape index (κ3) is 5.97. The van der Waals surface area contributed by atoms with Crippen LogP contribution in [0.15, 0.2) is 24.4 Å². The summed E-state index contributed by atoms with van der Waals surface area (Å²) in [7, 11) is 1.83. The molecule has 2 aromatic rings. The number of ether oxygens (including phenoxy) is 1. The van der Waals surface area contributed by atoms with E-state index >= 15 is 0 Å².